The quantitative estimate of drug-likeness (QED) is 0.291. The summed E-state index contributed by atoms with van der Waals surface area (Å²) in [6, 6.07) is 21.1. The van der Waals surface area contributed by atoms with Crippen LogP contribution in [0.1, 0.15) is 70.7 Å². The third-order valence-corrected chi connectivity index (χ3v) is 8.03. The summed E-state index contributed by atoms with van der Waals surface area (Å²) in [4.78, 5) is 17.9. The number of hydrogen-bond donors (Lipinski definition) is 2. The molecule has 2 aliphatic rings. The van der Waals surface area contributed by atoms with Crippen molar-refractivity contribution >= 4 is 6.09 Å². The van der Waals surface area contributed by atoms with Gasteiger partial charge in [-0.05, 0) is 69.1 Å². The van der Waals surface area contributed by atoms with Gasteiger partial charge in [-0.25, -0.2) is 4.79 Å². The van der Waals surface area contributed by atoms with Crippen molar-refractivity contribution in [3.63, 3.8) is 0 Å². The van der Waals surface area contributed by atoms with Gasteiger partial charge in [0.2, 0.25) is 0 Å². The first-order chi connectivity index (χ1) is 18.5. The molecule has 6 nitrogen and oxygen atoms in total. The summed E-state index contributed by atoms with van der Waals surface area (Å²) < 4.78 is 6.02. The Bertz CT molecular complexity index is 1520. The summed E-state index contributed by atoms with van der Waals surface area (Å²) in [5.74, 6) is 0. The number of hydrogen-bond acceptors (Lipinski definition) is 4. The maximum atomic E-state index is 12.6. The summed E-state index contributed by atoms with van der Waals surface area (Å²) in [6.07, 6.45) is 5.20. The Labute approximate surface area is 230 Å². The van der Waals surface area contributed by atoms with E-state index in [4.69, 9.17) is 9.72 Å². The summed E-state index contributed by atoms with van der Waals surface area (Å²) in [6.45, 7) is 10.4. The Kier molecular flexibility index (Phi) is 5.90. The Morgan fingerprint density at radius 3 is 2.31 bits per heavy atom. The minimum Gasteiger partial charge on any atom is -0.438 e. The molecule has 6 rings (SSSR count). The molecular weight excluding hydrogens is 484 g/mol. The van der Waals surface area contributed by atoms with Gasteiger partial charge in [0.15, 0.2) is 0 Å². The van der Waals surface area contributed by atoms with Gasteiger partial charge in [0.1, 0.15) is 5.60 Å². The highest BCUT2D eigenvalue weighted by Crippen LogP contribution is 2.47. The van der Waals surface area contributed by atoms with Crippen molar-refractivity contribution in [3.8, 4) is 33.6 Å². The molecule has 1 amide bonds. The van der Waals surface area contributed by atoms with Crippen LogP contribution in [0.2, 0.25) is 0 Å². The predicted molar refractivity (Wildman–Crippen MR) is 154 cm³/mol. The van der Waals surface area contributed by atoms with E-state index < -0.39 is 5.60 Å². The van der Waals surface area contributed by atoms with Gasteiger partial charge in [0.25, 0.3) is 0 Å². The normalized spacial score (nSPS) is 16.9. The highest BCUT2D eigenvalue weighted by Gasteiger charge is 2.43. The first kappa shape index (κ1) is 25.4. The van der Waals surface area contributed by atoms with Crippen LogP contribution in [0.3, 0.4) is 0 Å². The van der Waals surface area contributed by atoms with Crippen LogP contribution in [-0.2, 0) is 22.2 Å². The Balaban J connectivity index is 1.40. The van der Waals surface area contributed by atoms with E-state index in [1.165, 1.54) is 5.56 Å². The van der Waals surface area contributed by atoms with E-state index in [2.05, 4.69) is 84.0 Å². The molecule has 39 heavy (non-hydrogen) atoms. The molecular formula is C33H36N4O2. The lowest BCUT2D eigenvalue weighted by Gasteiger charge is -2.42. The van der Waals surface area contributed by atoms with Crippen LogP contribution in [0.5, 0.6) is 0 Å². The van der Waals surface area contributed by atoms with Crippen LogP contribution in [0.4, 0.5) is 4.79 Å². The molecule has 0 unspecified atom stereocenters. The van der Waals surface area contributed by atoms with E-state index in [1.807, 2.05) is 33.0 Å². The molecule has 0 spiro atoms. The largest absolute Gasteiger partial charge is 0.438 e. The smallest absolute Gasteiger partial charge is 0.408 e. The molecule has 2 aromatic heterocycles. The topological polar surface area (TPSA) is 79.9 Å². The Hall–Kier alpha value is -3.93. The molecule has 2 aromatic carbocycles. The van der Waals surface area contributed by atoms with Crippen LogP contribution < -0.4 is 5.32 Å². The second-order valence-corrected chi connectivity index (χ2v) is 12.6. The maximum Gasteiger partial charge on any atom is 0.408 e. The molecule has 0 atom stereocenters. The molecule has 0 bridgehead atoms. The zero-order valence-electron chi connectivity index (χ0n) is 23.4. The average molecular weight is 521 g/mol. The van der Waals surface area contributed by atoms with Crippen LogP contribution in [-0.4, -0.2) is 26.8 Å². The zero-order valence-corrected chi connectivity index (χ0v) is 23.4. The van der Waals surface area contributed by atoms with E-state index >= 15 is 0 Å². The average Bonchev–Trinajstić information content (AvgIpc) is 3.37. The van der Waals surface area contributed by atoms with E-state index in [0.29, 0.717) is 0 Å². The van der Waals surface area contributed by atoms with E-state index in [1.54, 1.807) is 0 Å². The monoisotopic (exact) mass is 520 g/mol. The standard InChI is InChI=1S/C33H36N4O2/c1-31(2,3)36-30(38)39-33(16-9-17-33)23-14-12-22(13-15-23)28-24(21-10-7-6-8-11-21)18-25-27(35-28)19-32(4,5)26-20-34-37-29(25)26/h6-8,10-15,18,20H,9,16-17,19H2,1-5H3,(H,34,37)(H,36,38). The number of carbonyl (C=O) groups is 1. The van der Waals surface area contributed by atoms with Crippen molar-refractivity contribution in [1.82, 2.24) is 20.5 Å². The van der Waals surface area contributed by atoms with Crippen LogP contribution in [0, 0.1) is 0 Å². The van der Waals surface area contributed by atoms with Crippen molar-refractivity contribution < 1.29 is 9.53 Å². The number of fused-ring (bicyclic) bond motifs is 3. The number of rotatable bonds is 4. The number of amides is 1. The number of pyridine rings is 1. The van der Waals surface area contributed by atoms with Crippen molar-refractivity contribution in [2.24, 2.45) is 0 Å². The van der Waals surface area contributed by atoms with E-state index in [9.17, 15) is 4.79 Å². The maximum absolute atomic E-state index is 12.6. The molecule has 2 heterocycles. The van der Waals surface area contributed by atoms with Crippen LogP contribution in [0.25, 0.3) is 33.6 Å². The lowest BCUT2D eigenvalue weighted by Crippen LogP contribution is -2.47. The van der Waals surface area contributed by atoms with Crippen molar-refractivity contribution in [3.05, 3.63) is 83.7 Å². The summed E-state index contributed by atoms with van der Waals surface area (Å²) in [5.41, 5.74) is 8.63. The van der Waals surface area contributed by atoms with Gasteiger partial charge in [0, 0.05) is 34.0 Å². The first-order valence-corrected chi connectivity index (χ1v) is 13.8. The number of H-pyrrole nitrogens is 1. The first-order valence-electron chi connectivity index (χ1n) is 13.8. The molecule has 2 N–H and O–H groups in total. The Morgan fingerprint density at radius 2 is 1.67 bits per heavy atom. The summed E-state index contributed by atoms with van der Waals surface area (Å²) in [5, 5.41) is 10.6. The second-order valence-electron chi connectivity index (χ2n) is 12.6. The number of nitrogens with zero attached hydrogens (tertiary/aromatic N) is 2. The molecule has 6 heteroatoms. The molecule has 0 radical (unpaired) electrons. The number of ether oxygens (including phenoxy) is 1. The van der Waals surface area contributed by atoms with Gasteiger partial charge in [-0.1, -0.05) is 68.4 Å². The van der Waals surface area contributed by atoms with Crippen molar-refractivity contribution in [1.29, 1.82) is 0 Å². The minimum absolute atomic E-state index is 0.0563. The Morgan fingerprint density at radius 1 is 0.949 bits per heavy atom. The fourth-order valence-electron chi connectivity index (χ4n) is 5.86. The van der Waals surface area contributed by atoms with Gasteiger partial charge < -0.3 is 10.1 Å². The lowest BCUT2D eigenvalue weighted by atomic mass is 9.74. The van der Waals surface area contributed by atoms with Crippen LogP contribution >= 0.6 is 0 Å². The highest BCUT2D eigenvalue weighted by molar-refractivity contribution is 5.86. The fourth-order valence-corrected chi connectivity index (χ4v) is 5.86. The molecule has 200 valence electrons. The van der Waals surface area contributed by atoms with Gasteiger partial charge in [-0.15, -0.1) is 0 Å². The van der Waals surface area contributed by atoms with Crippen molar-refractivity contribution in [2.45, 2.75) is 76.9 Å². The molecule has 0 aliphatic heterocycles. The minimum atomic E-state index is -0.570. The van der Waals surface area contributed by atoms with Crippen LogP contribution in [0.15, 0.2) is 66.9 Å². The number of alkyl carbamates (subject to hydrolysis) is 1. The number of aromatic amines is 1. The van der Waals surface area contributed by atoms with Gasteiger partial charge in [-0.2, -0.15) is 5.10 Å². The highest BCUT2D eigenvalue weighted by atomic mass is 16.6. The fraction of sp³-hybridized carbons (Fsp3) is 0.364. The molecule has 0 saturated heterocycles. The summed E-state index contributed by atoms with van der Waals surface area (Å²) in [7, 11) is 0. The van der Waals surface area contributed by atoms with Gasteiger partial charge >= 0.3 is 6.09 Å². The molecule has 1 saturated carbocycles. The number of benzene rings is 2. The van der Waals surface area contributed by atoms with Gasteiger partial charge in [0.05, 0.1) is 17.1 Å². The number of nitrogens with one attached hydrogen (secondary N) is 2. The van der Waals surface area contributed by atoms with E-state index in [0.717, 1.165) is 70.6 Å². The third kappa shape index (κ3) is 4.62. The molecule has 2 aliphatic carbocycles. The molecule has 1 fully saturated rings. The zero-order chi connectivity index (χ0) is 27.4. The number of aromatic nitrogens is 3. The molecule has 4 aromatic rings. The van der Waals surface area contributed by atoms with Crippen molar-refractivity contribution in [2.75, 3.05) is 0 Å². The number of carbonyl (C=O) groups excluding carboxylic acids is 1. The second kappa shape index (κ2) is 9.08. The lowest BCUT2D eigenvalue weighted by molar-refractivity contribution is -0.0549. The predicted octanol–water partition coefficient (Wildman–Crippen LogP) is 7.54. The summed E-state index contributed by atoms with van der Waals surface area (Å²) >= 11 is 0. The van der Waals surface area contributed by atoms with E-state index in [-0.39, 0.29) is 17.0 Å². The van der Waals surface area contributed by atoms with Gasteiger partial charge in [-0.3, -0.25) is 10.1 Å². The third-order valence-electron chi connectivity index (χ3n) is 8.03. The SMILES string of the molecule is CC(C)(C)NC(=O)OC1(c2ccc(-c3nc4c(cc3-c3ccccc3)-c3n[nH]cc3C(C)(C)C4)cc2)CCC1.